The standard InChI is InChI=1S/C11H17F3O2/c12-11(13,14)8-16-7-3-1-2-4-10(15)9-5-6-9/h9H,1-8H2. The minimum Gasteiger partial charge on any atom is -0.372 e. The molecule has 0 aromatic rings. The van der Waals surface area contributed by atoms with Crippen molar-refractivity contribution < 1.29 is 22.7 Å². The average Bonchev–Trinajstić information content (AvgIpc) is 2.97. The molecule has 0 unspecified atom stereocenters. The van der Waals surface area contributed by atoms with E-state index < -0.39 is 12.8 Å². The second kappa shape index (κ2) is 6.23. The van der Waals surface area contributed by atoms with Gasteiger partial charge in [0, 0.05) is 18.9 Å². The first-order chi connectivity index (χ1) is 7.49. The summed E-state index contributed by atoms with van der Waals surface area (Å²) in [6.45, 7) is -1.05. The van der Waals surface area contributed by atoms with Gasteiger partial charge < -0.3 is 4.74 Å². The molecule has 0 amide bonds. The summed E-state index contributed by atoms with van der Waals surface area (Å²) in [5.74, 6) is 0.609. The van der Waals surface area contributed by atoms with Crippen molar-refractivity contribution in [2.75, 3.05) is 13.2 Å². The molecule has 5 heteroatoms. The lowest BCUT2D eigenvalue weighted by Crippen LogP contribution is -2.17. The molecular weight excluding hydrogens is 221 g/mol. The van der Waals surface area contributed by atoms with Crippen LogP contribution in [0.2, 0.25) is 0 Å². The first-order valence-corrected chi connectivity index (χ1v) is 5.66. The topological polar surface area (TPSA) is 26.3 Å². The van der Waals surface area contributed by atoms with Crippen molar-refractivity contribution >= 4 is 5.78 Å². The number of rotatable bonds is 8. The first-order valence-electron chi connectivity index (χ1n) is 5.66. The monoisotopic (exact) mass is 238 g/mol. The molecule has 1 saturated carbocycles. The molecule has 1 aliphatic carbocycles. The molecule has 0 saturated heterocycles. The Balaban J connectivity index is 1.82. The minimum absolute atomic E-state index is 0.122. The Hall–Kier alpha value is -0.580. The van der Waals surface area contributed by atoms with Crippen LogP contribution in [0.1, 0.15) is 38.5 Å². The van der Waals surface area contributed by atoms with E-state index in [1.165, 1.54) is 0 Å². The maximum atomic E-state index is 11.7. The van der Waals surface area contributed by atoms with E-state index in [-0.39, 0.29) is 6.61 Å². The molecule has 1 fully saturated rings. The lowest BCUT2D eigenvalue weighted by molar-refractivity contribution is -0.174. The third-order valence-electron chi connectivity index (χ3n) is 2.51. The molecule has 0 spiro atoms. The van der Waals surface area contributed by atoms with Crippen LogP contribution in [-0.4, -0.2) is 25.2 Å². The first kappa shape index (κ1) is 13.5. The average molecular weight is 238 g/mol. The van der Waals surface area contributed by atoms with E-state index in [4.69, 9.17) is 0 Å². The Labute approximate surface area is 93.2 Å². The highest BCUT2D eigenvalue weighted by atomic mass is 19.4. The molecular formula is C11H17F3O2. The van der Waals surface area contributed by atoms with Gasteiger partial charge >= 0.3 is 6.18 Å². The van der Waals surface area contributed by atoms with E-state index in [9.17, 15) is 18.0 Å². The van der Waals surface area contributed by atoms with Gasteiger partial charge in [-0.15, -0.1) is 0 Å². The number of carbonyl (C=O) groups is 1. The van der Waals surface area contributed by atoms with Gasteiger partial charge in [-0.3, -0.25) is 4.79 Å². The molecule has 1 aliphatic rings. The number of Topliss-reactive ketones (excluding diaryl/α,β-unsaturated/α-hetero) is 1. The molecule has 0 bridgehead atoms. The zero-order valence-corrected chi connectivity index (χ0v) is 9.18. The van der Waals surface area contributed by atoms with Gasteiger partial charge in [-0.2, -0.15) is 13.2 Å². The summed E-state index contributed by atoms with van der Waals surface area (Å²) in [5.41, 5.74) is 0. The Morgan fingerprint density at radius 2 is 1.88 bits per heavy atom. The van der Waals surface area contributed by atoms with Gasteiger partial charge in [-0.05, 0) is 25.7 Å². The number of alkyl halides is 3. The summed E-state index contributed by atoms with van der Waals surface area (Å²) >= 11 is 0. The zero-order valence-electron chi connectivity index (χ0n) is 9.18. The summed E-state index contributed by atoms with van der Waals surface area (Å²) in [6, 6.07) is 0. The molecule has 0 aromatic carbocycles. The molecule has 0 aliphatic heterocycles. The van der Waals surface area contributed by atoms with E-state index in [2.05, 4.69) is 4.74 Å². The van der Waals surface area contributed by atoms with Crippen molar-refractivity contribution in [2.45, 2.75) is 44.7 Å². The second-order valence-corrected chi connectivity index (χ2v) is 4.22. The van der Waals surface area contributed by atoms with Crippen LogP contribution in [0.25, 0.3) is 0 Å². The van der Waals surface area contributed by atoms with Gasteiger partial charge in [-0.1, -0.05) is 6.42 Å². The Morgan fingerprint density at radius 3 is 2.44 bits per heavy atom. The van der Waals surface area contributed by atoms with E-state index in [1.807, 2.05) is 0 Å². The van der Waals surface area contributed by atoms with Gasteiger partial charge in [0.15, 0.2) is 0 Å². The van der Waals surface area contributed by atoms with Crippen LogP contribution in [0.5, 0.6) is 0 Å². The number of unbranched alkanes of at least 4 members (excludes halogenated alkanes) is 2. The maximum Gasteiger partial charge on any atom is 0.411 e. The van der Waals surface area contributed by atoms with Gasteiger partial charge in [0.05, 0.1) is 0 Å². The molecule has 0 radical (unpaired) electrons. The number of ketones is 1. The van der Waals surface area contributed by atoms with Crippen LogP contribution >= 0.6 is 0 Å². The van der Waals surface area contributed by atoms with Gasteiger partial charge in [0.25, 0.3) is 0 Å². The highest BCUT2D eigenvalue weighted by Crippen LogP contribution is 2.31. The highest BCUT2D eigenvalue weighted by Gasteiger charge is 2.28. The van der Waals surface area contributed by atoms with E-state index >= 15 is 0 Å². The summed E-state index contributed by atoms with van der Waals surface area (Å²) in [4.78, 5) is 11.2. The molecule has 16 heavy (non-hydrogen) atoms. The number of hydrogen-bond donors (Lipinski definition) is 0. The van der Waals surface area contributed by atoms with Crippen LogP contribution in [0, 0.1) is 5.92 Å². The number of ether oxygens (including phenoxy) is 1. The smallest absolute Gasteiger partial charge is 0.372 e. The fourth-order valence-electron chi connectivity index (χ4n) is 1.48. The number of hydrogen-bond acceptors (Lipinski definition) is 2. The number of carbonyl (C=O) groups excluding carboxylic acids is 1. The minimum atomic E-state index is -4.23. The fourth-order valence-corrected chi connectivity index (χ4v) is 1.48. The molecule has 0 N–H and O–H groups in total. The zero-order chi connectivity index (χ0) is 12.0. The molecule has 94 valence electrons. The summed E-state index contributed by atoms with van der Waals surface area (Å²) in [6.07, 6.45) is 0.502. The lowest BCUT2D eigenvalue weighted by Gasteiger charge is -2.07. The van der Waals surface area contributed by atoms with E-state index in [1.54, 1.807) is 0 Å². The fraction of sp³-hybridized carbons (Fsp3) is 0.909. The van der Waals surface area contributed by atoms with Crippen molar-refractivity contribution in [1.29, 1.82) is 0 Å². The van der Waals surface area contributed by atoms with Crippen molar-refractivity contribution in [3.05, 3.63) is 0 Å². The normalized spacial score (nSPS) is 16.4. The van der Waals surface area contributed by atoms with Gasteiger partial charge in [-0.25, -0.2) is 0 Å². The predicted molar refractivity (Wildman–Crippen MR) is 53.1 cm³/mol. The van der Waals surface area contributed by atoms with Crippen LogP contribution in [0.4, 0.5) is 13.2 Å². The van der Waals surface area contributed by atoms with Crippen LogP contribution in [0.15, 0.2) is 0 Å². The summed E-state index contributed by atoms with van der Waals surface area (Å²) in [5, 5.41) is 0. The summed E-state index contributed by atoms with van der Waals surface area (Å²) in [7, 11) is 0. The van der Waals surface area contributed by atoms with E-state index in [0.717, 1.165) is 25.7 Å². The quantitative estimate of drug-likeness (QED) is 0.607. The van der Waals surface area contributed by atoms with E-state index in [0.29, 0.717) is 24.5 Å². The number of halogens is 3. The van der Waals surface area contributed by atoms with Crippen LogP contribution < -0.4 is 0 Å². The molecule has 0 atom stereocenters. The lowest BCUT2D eigenvalue weighted by atomic mass is 10.1. The molecule has 1 rings (SSSR count). The van der Waals surface area contributed by atoms with Crippen molar-refractivity contribution in [2.24, 2.45) is 5.92 Å². The van der Waals surface area contributed by atoms with Crippen molar-refractivity contribution in [3.8, 4) is 0 Å². The predicted octanol–water partition coefficient (Wildman–Crippen LogP) is 3.10. The molecule has 0 aromatic heterocycles. The van der Waals surface area contributed by atoms with Crippen LogP contribution in [-0.2, 0) is 9.53 Å². The van der Waals surface area contributed by atoms with Gasteiger partial charge in [0.2, 0.25) is 0 Å². The molecule has 0 heterocycles. The van der Waals surface area contributed by atoms with Crippen LogP contribution in [0.3, 0.4) is 0 Å². The highest BCUT2D eigenvalue weighted by molar-refractivity contribution is 5.82. The maximum absolute atomic E-state index is 11.7. The Morgan fingerprint density at radius 1 is 1.19 bits per heavy atom. The summed E-state index contributed by atoms with van der Waals surface area (Å²) < 4.78 is 39.4. The van der Waals surface area contributed by atoms with Crippen molar-refractivity contribution in [1.82, 2.24) is 0 Å². The molecule has 2 nitrogen and oxygen atoms in total. The second-order valence-electron chi connectivity index (χ2n) is 4.22. The third-order valence-corrected chi connectivity index (χ3v) is 2.51. The third kappa shape index (κ3) is 6.82. The SMILES string of the molecule is O=C(CCCCCOCC(F)(F)F)C1CC1. The Kier molecular flexibility index (Phi) is 5.25. The van der Waals surface area contributed by atoms with Crippen molar-refractivity contribution in [3.63, 3.8) is 0 Å². The Bertz CT molecular complexity index is 222. The van der Waals surface area contributed by atoms with Gasteiger partial charge in [0.1, 0.15) is 12.4 Å². The largest absolute Gasteiger partial charge is 0.411 e.